The van der Waals surface area contributed by atoms with Crippen molar-refractivity contribution in [3.05, 3.63) is 11.8 Å². The van der Waals surface area contributed by atoms with Crippen LogP contribution in [0.2, 0.25) is 0 Å². The van der Waals surface area contributed by atoms with Crippen molar-refractivity contribution in [2.75, 3.05) is 6.54 Å². The molecular formula is C12H25N. The fraction of sp³-hybridized carbons (Fsp3) is 0.833. The van der Waals surface area contributed by atoms with Crippen molar-refractivity contribution in [3.8, 4) is 0 Å². The Bertz CT molecular complexity index is 127. The molecule has 1 heteroatoms. The van der Waals surface area contributed by atoms with Gasteiger partial charge in [0, 0.05) is 12.2 Å². The molecule has 1 nitrogen and oxygen atoms in total. The zero-order valence-electron chi connectivity index (χ0n) is 9.53. The molecule has 0 amide bonds. The van der Waals surface area contributed by atoms with Gasteiger partial charge in [0.1, 0.15) is 0 Å². The quantitative estimate of drug-likeness (QED) is 0.563. The molecule has 0 aliphatic heterocycles. The summed E-state index contributed by atoms with van der Waals surface area (Å²) in [6.07, 6.45) is 10.0. The minimum atomic E-state index is 1.15. The van der Waals surface area contributed by atoms with E-state index >= 15 is 0 Å². The molecule has 0 spiro atoms. The highest BCUT2D eigenvalue weighted by Crippen LogP contribution is 2.02. The SMILES string of the molecule is CC=C(CCC)NCCCCCC. The summed E-state index contributed by atoms with van der Waals surface area (Å²) >= 11 is 0. The summed E-state index contributed by atoms with van der Waals surface area (Å²) in [5.74, 6) is 0. The molecule has 0 unspecified atom stereocenters. The normalized spacial score (nSPS) is 11.8. The van der Waals surface area contributed by atoms with Crippen LogP contribution in [0.4, 0.5) is 0 Å². The maximum atomic E-state index is 3.49. The Morgan fingerprint density at radius 2 is 1.85 bits per heavy atom. The Kier molecular flexibility index (Phi) is 9.29. The standard InChI is InChI=1S/C12H25N/c1-4-7-8-9-11-13-12(6-3)10-5-2/h6,13H,4-5,7-11H2,1-3H3. The molecule has 1 N–H and O–H groups in total. The van der Waals surface area contributed by atoms with Gasteiger partial charge in [-0.15, -0.1) is 0 Å². The molecule has 0 atom stereocenters. The van der Waals surface area contributed by atoms with E-state index in [1.165, 1.54) is 44.2 Å². The Labute approximate surface area is 83.6 Å². The molecular weight excluding hydrogens is 158 g/mol. The number of unbranched alkanes of at least 4 members (excludes halogenated alkanes) is 3. The minimum Gasteiger partial charge on any atom is -0.389 e. The van der Waals surface area contributed by atoms with Crippen LogP contribution in [0.25, 0.3) is 0 Å². The summed E-state index contributed by atoms with van der Waals surface area (Å²) in [4.78, 5) is 0. The van der Waals surface area contributed by atoms with Crippen molar-refractivity contribution in [2.24, 2.45) is 0 Å². The van der Waals surface area contributed by atoms with Gasteiger partial charge in [-0.1, -0.05) is 45.6 Å². The summed E-state index contributed by atoms with van der Waals surface area (Å²) in [7, 11) is 0. The van der Waals surface area contributed by atoms with Gasteiger partial charge in [0.2, 0.25) is 0 Å². The van der Waals surface area contributed by atoms with E-state index in [1.54, 1.807) is 0 Å². The first kappa shape index (κ1) is 12.5. The predicted molar refractivity (Wildman–Crippen MR) is 60.8 cm³/mol. The summed E-state index contributed by atoms with van der Waals surface area (Å²) in [5.41, 5.74) is 1.42. The third-order valence-corrected chi connectivity index (χ3v) is 2.25. The smallest absolute Gasteiger partial charge is 0.0143 e. The molecule has 0 saturated carbocycles. The van der Waals surface area contributed by atoms with Crippen molar-refractivity contribution in [2.45, 2.75) is 59.3 Å². The van der Waals surface area contributed by atoms with Crippen LogP contribution in [0.1, 0.15) is 59.3 Å². The monoisotopic (exact) mass is 183 g/mol. The van der Waals surface area contributed by atoms with E-state index in [0.29, 0.717) is 0 Å². The van der Waals surface area contributed by atoms with Gasteiger partial charge in [0.15, 0.2) is 0 Å². The van der Waals surface area contributed by atoms with Crippen LogP contribution >= 0.6 is 0 Å². The lowest BCUT2D eigenvalue weighted by atomic mass is 10.2. The van der Waals surface area contributed by atoms with E-state index in [2.05, 4.69) is 32.2 Å². The van der Waals surface area contributed by atoms with Crippen LogP contribution < -0.4 is 5.32 Å². The van der Waals surface area contributed by atoms with E-state index in [0.717, 1.165) is 6.54 Å². The highest BCUT2D eigenvalue weighted by Gasteiger charge is 1.92. The van der Waals surface area contributed by atoms with Crippen molar-refractivity contribution in [1.82, 2.24) is 5.32 Å². The topological polar surface area (TPSA) is 12.0 Å². The molecule has 0 fully saturated rings. The van der Waals surface area contributed by atoms with Gasteiger partial charge in [-0.3, -0.25) is 0 Å². The van der Waals surface area contributed by atoms with E-state index < -0.39 is 0 Å². The third kappa shape index (κ3) is 7.89. The first-order valence-corrected chi connectivity index (χ1v) is 5.74. The van der Waals surface area contributed by atoms with Crippen molar-refractivity contribution < 1.29 is 0 Å². The minimum absolute atomic E-state index is 1.15. The number of allylic oxidation sites excluding steroid dienone is 2. The Hall–Kier alpha value is -0.460. The van der Waals surface area contributed by atoms with Crippen LogP contribution in [-0.4, -0.2) is 6.54 Å². The Morgan fingerprint density at radius 3 is 2.38 bits per heavy atom. The molecule has 13 heavy (non-hydrogen) atoms. The largest absolute Gasteiger partial charge is 0.389 e. The Balaban J connectivity index is 3.29. The predicted octanol–water partition coefficient (Wildman–Crippen LogP) is 3.86. The fourth-order valence-electron chi connectivity index (χ4n) is 1.40. The highest BCUT2D eigenvalue weighted by atomic mass is 14.9. The fourth-order valence-corrected chi connectivity index (χ4v) is 1.40. The van der Waals surface area contributed by atoms with E-state index in [9.17, 15) is 0 Å². The first-order valence-electron chi connectivity index (χ1n) is 5.74. The highest BCUT2D eigenvalue weighted by molar-refractivity contribution is 4.96. The average molecular weight is 183 g/mol. The van der Waals surface area contributed by atoms with Crippen molar-refractivity contribution in [3.63, 3.8) is 0 Å². The molecule has 0 rings (SSSR count). The zero-order chi connectivity index (χ0) is 9.94. The molecule has 0 saturated heterocycles. The number of nitrogens with one attached hydrogen (secondary N) is 1. The summed E-state index contributed by atoms with van der Waals surface area (Å²) in [6.45, 7) is 7.74. The maximum Gasteiger partial charge on any atom is 0.0143 e. The van der Waals surface area contributed by atoms with Crippen LogP contribution in [-0.2, 0) is 0 Å². The lowest BCUT2D eigenvalue weighted by Crippen LogP contribution is -2.14. The van der Waals surface area contributed by atoms with Crippen LogP contribution in [0.5, 0.6) is 0 Å². The summed E-state index contributed by atoms with van der Waals surface area (Å²) in [5, 5.41) is 3.49. The number of rotatable bonds is 8. The van der Waals surface area contributed by atoms with Gasteiger partial charge in [0.25, 0.3) is 0 Å². The van der Waals surface area contributed by atoms with E-state index in [1.807, 2.05) is 0 Å². The second-order valence-electron chi connectivity index (χ2n) is 3.55. The van der Waals surface area contributed by atoms with Gasteiger partial charge in [-0.25, -0.2) is 0 Å². The maximum absolute atomic E-state index is 3.49. The van der Waals surface area contributed by atoms with E-state index in [-0.39, 0.29) is 0 Å². The third-order valence-electron chi connectivity index (χ3n) is 2.25. The van der Waals surface area contributed by atoms with Crippen LogP contribution in [0, 0.1) is 0 Å². The molecule has 0 heterocycles. The van der Waals surface area contributed by atoms with Crippen LogP contribution in [0.15, 0.2) is 11.8 Å². The lowest BCUT2D eigenvalue weighted by Gasteiger charge is -2.08. The molecule has 0 aliphatic rings. The van der Waals surface area contributed by atoms with Crippen molar-refractivity contribution in [1.29, 1.82) is 0 Å². The second-order valence-corrected chi connectivity index (χ2v) is 3.55. The number of hydrogen-bond acceptors (Lipinski definition) is 1. The summed E-state index contributed by atoms with van der Waals surface area (Å²) in [6, 6.07) is 0. The Morgan fingerprint density at radius 1 is 1.08 bits per heavy atom. The van der Waals surface area contributed by atoms with Crippen LogP contribution in [0.3, 0.4) is 0 Å². The van der Waals surface area contributed by atoms with Crippen molar-refractivity contribution >= 4 is 0 Å². The molecule has 0 aliphatic carbocycles. The molecule has 0 aromatic heterocycles. The van der Waals surface area contributed by atoms with Gasteiger partial charge in [0.05, 0.1) is 0 Å². The van der Waals surface area contributed by atoms with Gasteiger partial charge in [-0.05, 0) is 19.8 Å². The molecule has 0 bridgehead atoms. The first-order chi connectivity index (χ1) is 6.35. The van der Waals surface area contributed by atoms with Gasteiger partial charge in [-0.2, -0.15) is 0 Å². The molecule has 0 radical (unpaired) electrons. The van der Waals surface area contributed by atoms with E-state index in [4.69, 9.17) is 0 Å². The second kappa shape index (κ2) is 9.63. The molecule has 78 valence electrons. The zero-order valence-corrected chi connectivity index (χ0v) is 9.53. The molecule has 0 aromatic carbocycles. The average Bonchev–Trinajstić information content (AvgIpc) is 2.16. The molecule has 0 aromatic rings. The van der Waals surface area contributed by atoms with Gasteiger partial charge < -0.3 is 5.32 Å². The lowest BCUT2D eigenvalue weighted by molar-refractivity contribution is 0.622. The summed E-state index contributed by atoms with van der Waals surface area (Å²) < 4.78 is 0. The number of hydrogen-bond donors (Lipinski definition) is 1. The van der Waals surface area contributed by atoms with Gasteiger partial charge >= 0.3 is 0 Å².